The summed E-state index contributed by atoms with van der Waals surface area (Å²) in [6, 6.07) is 4.75. The van der Waals surface area contributed by atoms with Crippen molar-refractivity contribution in [2.45, 2.75) is 37.8 Å². The van der Waals surface area contributed by atoms with Gasteiger partial charge in [0.2, 0.25) is 0 Å². The van der Waals surface area contributed by atoms with Crippen molar-refractivity contribution < 1.29 is 14.6 Å². The number of hydrogen-bond acceptors (Lipinski definition) is 4. The van der Waals surface area contributed by atoms with Crippen LogP contribution in [0.25, 0.3) is 0 Å². The van der Waals surface area contributed by atoms with Crippen molar-refractivity contribution in [3.63, 3.8) is 0 Å². The molecule has 0 aromatic heterocycles. The second kappa shape index (κ2) is 5.93. The van der Waals surface area contributed by atoms with Crippen LogP contribution in [0.2, 0.25) is 0 Å². The van der Waals surface area contributed by atoms with Gasteiger partial charge in [-0.15, -0.1) is 0 Å². The Morgan fingerprint density at radius 1 is 1.42 bits per heavy atom. The highest BCUT2D eigenvalue weighted by Crippen LogP contribution is 2.23. The summed E-state index contributed by atoms with van der Waals surface area (Å²) in [6.45, 7) is 0. The molecule has 0 saturated heterocycles. The third kappa shape index (κ3) is 3.17. The molecule has 1 amide bonds. The van der Waals surface area contributed by atoms with Gasteiger partial charge in [0, 0.05) is 5.56 Å². The minimum absolute atomic E-state index is 0.162. The third-order valence-electron chi connectivity index (χ3n) is 3.54. The van der Waals surface area contributed by atoms with Crippen LogP contribution in [-0.4, -0.2) is 30.3 Å². The lowest BCUT2D eigenvalue weighted by atomic mass is 9.92. The zero-order valence-electron chi connectivity index (χ0n) is 11.1. The van der Waals surface area contributed by atoms with Crippen LogP contribution >= 0.6 is 0 Å². The van der Waals surface area contributed by atoms with Gasteiger partial charge in [0.1, 0.15) is 5.75 Å². The summed E-state index contributed by atoms with van der Waals surface area (Å²) in [4.78, 5) is 12.1. The Labute approximate surface area is 112 Å². The molecular weight excluding hydrogens is 244 g/mol. The van der Waals surface area contributed by atoms with Crippen LogP contribution in [0.5, 0.6) is 5.75 Å². The Morgan fingerprint density at radius 3 is 2.84 bits per heavy atom. The Kier molecular flexibility index (Phi) is 4.27. The SMILES string of the molecule is COc1cc(C(=O)NC2CCCCC2O)ccc1N. The summed E-state index contributed by atoms with van der Waals surface area (Å²) in [5.41, 5.74) is 6.70. The average molecular weight is 264 g/mol. The second-order valence-electron chi connectivity index (χ2n) is 4.89. The first-order valence-corrected chi connectivity index (χ1v) is 6.54. The zero-order valence-corrected chi connectivity index (χ0v) is 11.1. The van der Waals surface area contributed by atoms with Gasteiger partial charge >= 0.3 is 0 Å². The number of hydrogen-bond donors (Lipinski definition) is 3. The lowest BCUT2D eigenvalue weighted by Crippen LogP contribution is -2.45. The lowest BCUT2D eigenvalue weighted by molar-refractivity contribution is 0.0717. The predicted molar refractivity (Wildman–Crippen MR) is 73.1 cm³/mol. The first kappa shape index (κ1) is 13.7. The number of nitrogen functional groups attached to an aromatic ring is 1. The molecule has 4 N–H and O–H groups in total. The van der Waals surface area contributed by atoms with Crippen LogP contribution in [0.15, 0.2) is 18.2 Å². The van der Waals surface area contributed by atoms with Crippen LogP contribution in [0.1, 0.15) is 36.0 Å². The molecule has 1 saturated carbocycles. The van der Waals surface area contributed by atoms with Gasteiger partial charge in [-0.2, -0.15) is 0 Å². The van der Waals surface area contributed by atoms with Crippen molar-refractivity contribution in [1.82, 2.24) is 5.32 Å². The van der Waals surface area contributed by atoms with Gasteiger partial charge in [0.05, 0.1) is 24.9 Å². The summed E-state index contributed by atoms with van der Waals surface area (Å²) in [6.07, 6.45) is 3.17. The van der Waals surface area contributed by atoms with Crippen molar-refractivity contribution >= 4 is 11.6 Å². The molecule has 19 heavy (non-hydrogen) atoms. The number of ether oxygens (including phenoxy) is 1. The molecule has 0 radical (unpaired) electrons. The molecule has 1 aromatic carbocycles. The number of carbonyl (C=O) groups is 1. The summed E-state index contributed by atoms with van der Waals surface area (Å²) in [7, 11) is 1.51. The smallest absolute Gasteiger partial charge is 0.251 e. The molecular formula is C14H20N2O3. The van der Waals surface area contributed by atoms with Crippen molar-refractivity contribution in [2.24, 2.45) is 0 Å². The number of nitrogens with two attached hydrogens (primary N) is 1. The molecule has 1 aromatic rings. The summed E-state index contributed by atoms with van der Waals surface area (Å²) in [5, 5.41) is 12.7. The van der Waals surface area contributed by atoms with Gasteiger partial charge in [0.25, 0.3) is 5.91 Å². The number of nitrogens with one attached hydrogen (secondary N) is 1. The predicted octanol–water partition coefficient (Wildman–Crippen LogP) is 1.31. The average Bonchev–Trinajstić information content (AvgIpc) is 2.42. The van der Waals surface area contributed by atoms with Gasteiger partial charge in [0.15, 0.2) is 0 Å². The van der Waals surface area contributed by atoms with Gasteiger partial charge in [-0.05, 0) is 31.0 Å². The number of carbonyl (C=O) groups excluding carboxylic acids is 1. The molecule has 0 bridgehead atoms. The van der Waals surface area contributed by atoms with E-state index in [9.17, 15) is 9.90 Å². The number of anilines is 1. The summed E-state index contributed by atoms with van der Waals surface area (Å²) in [5.74, 6) is 0.279. The van der Waals surface area contributed by atoms with Gasteiger partial charge in [-0.3, -0.25) is 4.79 Å². The standard InChI is InChI=1S/C14H20N2O3/c1-19-13-8-9(6-7-10(13)15)14(18)16-11-4-2-3-5-12(11)17/h6-8,11-12,17H,2-5,15H2,1H3,(H,16,18). The van der Waals surface area contributed by atoms with Crippen LogP contribution in [0.3, 0.4) is 0 Å². The second-order valence-corrected chi connectivity index (χ2v) is 4.89. The Morgan fingerprint density at radius 2 is 2.16 bits per heavy atom. The molecule has 5 nitrogen and oxygen atoms in total. The zero-order chi connectivity index (χ0) is 13.8. The van der Waals surface area contributed by atoms with Crippen molar-refractivity contribution in [2.75, 3.05) is 12.8 Å². The first-order chi connectivity index (χ1) is 9.11. The van der Waals surface area contributed by atoms with E-state index in [-0.39, 0.29) is 11.9 Å². The normalized spacial score (nSPS) is 22.8. The first-order valence-electron chi connectivity index (χ1n) is 6.54. The molecule has 2 atom stereocenters. The van der Waals surface area contributed by atoms with Crippen molar-refractivity contribution in [1.29, 1.82) is 0 Å². The van der Waals surface area contributed by atoms with Crippen LogP contribution < -0.4 is 15.8 Å². The fourth-order valence-corrected chi connectivity index (χ4v) is 2.38. The number of rotatable bonds is 3. The number of aliphatic hydroxyl groups excluding tert-OH is 1. The van der Waals surface area contributed by atoms with Crippen molar-refractivity contribution in [3.8, 4) is 5.75 Å². The maximum absolute atomic E-state index is 12.1. The molecule has 0 spiro atoms. The van der Waals surface area contributed by atoms with E-state index < -0.39 is 6.10 Å². The molecule has 2 unspecified atom stereocenters. The summed E-state index contributed by atoms with van der Waals surface area (Å²) < 4.78 is 5.09. The highest BCUT2D eigenvalue weighted by molar-refractivity contribution is 5.95. The molecule has 2 rings (SSSR count). The molecule has 1 aliphatic rings. The molecule has 1 fully saturated rings. The highest BCUT2D eigenvalue weighted by Gasteiger charge is 2.24. The van der Waals surface area contributed by atoms with Crippen LogP contribution in [0, 0.1) is 0 Å². The topological polar surface area (TPSA) is 84.6 Å². The van der Waals surface area contributed by atoms with E-state index in [0.29, 0.717) is 17.0 Å². The highest BCUT2D eigenvalue weighted by atomic mass is 16.5. The van der Waals surface area contributed by atoms with Gasteiger partial charge < -0.3 is 20.9 Å². The number of aliphatic hydroxyl groups is 1. The number of benzene rings is 1. The Balaban J connectivity index is 2.07. The van der Waals surface area contributed by atoms with Gasteiger partial charge in [-0.1, -0.05) is 12.8 Å². The quantitative estimate of drug-likeness (QED) is 0.719. The maximum atomic E-state index is 12.1. The lowest BCUT2D eigenvalue weighted by Gasteiger charge is -2.28. The fraction of sp³-hybridized carbons (Fsp3) is 0.500. The van der Waals surface area contributed by atoms with E-state index >= 15 is 0 Å². The Hall–Kier alpha value is -1.75. The van der Waals surface area contributed by atoms with Crippen LogP contribution in [-0.2, 0) is 0 Å². The van der Waals surface area contributed by atoms with Crippen LogP contribution in [0.4, 0.5) is 5.69 Å². The fourth-order valence-electron chi connectivity index (χ4n) is 2.38. The molecule has 1 aliphatic carbocycles. The molecule has 5 heteroatoms. The Bertz CT molecular complexity index is 462. The van der Waals surface area contributed by atoms with E-state index in [1.54, 1.807) is 18.2 Å². The largest absolute Gasteiger partial charge is 0.495 e. The van der Waals surface area contributed by atoms with Crippen molar-refractivity contribution in [3.05, 3.63) is 23.8 Å². The summed E-state index contributed by atoms with van der Waals surface area (Å²) >= 11 is 0. The van der Waals surface area contributed by atoms with E-state index in [2.05, 4.69) is 5.32 Å². The third-order valence-corrected chi connectivity index (χ3v) is 3.54. The van der Waals surface area contributed by atoms with E-state index in [0.717, 1.165) is 25.7 Å². The minimum Gasteiger partial charge on any atom is -0.495 e. The van der Waals surface area contributed by atoms with Gasteiger partial charge in [-0.25, -0.2) is 0 Å². The molecule has 0 aliphatic heterocycles. The minimum atomic E-state index is -0.451. The number of methoxy groups -OCH3 is 1. The monoisotopic (exact) mass is 264 g/mol. The molecule has 0 heterocycles. The maximum Gasteiger partial charge on any atom is 0.251 e. The van der Waals surface area contributed by atoms with E-state index in [1.165, 1.54) is 7.11 Å². The van der Waals surface area contributed by atoms with E-state index in [4.69, 9.17) is 10.5 Å². The van der Waals surface area contributed by atoms with E-state index in [1.807, 2.05) is 0 Å². The molecule has 104 valence electrons. The number of amides is 1.